The quantitative estimate of drug-likeness (QED) is 0.147. The van der Waals surface area contributed by atoms with E-state index in [2.05, 4.69) is 10.6 Å². The third-order valence-corrected chi connectivity index (χ3v) is 8.81. The highest BCUT2D eigenvalue weighted by molar-refractivity contribution is 6.54. The van der Waals surface area contributed by atoms with Crippen molar-refractivity contribution in [2.24, 2.45) is 5.92 Å². The number of hydrogen-bond acceptors (Lipinski definition) is 3. The van der Waals surface area contributed by atoms with Crippen molar-refractivity contribution in [1.82, 2.24) is 0 Å². The molecular formula is C26H15Cl6F4N3O3. The lowest BCUT2D eigenvalue weighted by molar-refractivity contribution is -0.128. The number of carbonyl (C=O) groups is 3. The number of nitrogens with one attached hydrogen (secondary N) is 2. The number of anilines is 3. The van der Waals surface area contributed by atoms with E-state index in [-0.39, 0.29) is 36.2 Å². The molecule has 222 valence electrons. The first kappa shape index (κ1) is 32.4. The van der Waals surface area contributed by atoms with E-state index in [0.717, 1.165) is 13.1 Å². The Morgan fingerprint density at radius 1 is 0.905 bits per heavy atom. The number of amides is 3. The first-order valence-corrected chi connectivity index (χ1v) is 13.8. The molecule has 3 aromatic rings. The molecule has 0 spiro atoms. The summed E-state index contributed by atoms with van der Waals surface area (Å²) < 4.78 is 53.3. The van der Waals surface area contributed by atoms with Crippen molar-refractivity contribution in [3.05, 3.63) is 85.3 Å². The van der Waals surface area contributed by atoms with Gasteiger partial charge < -0.3 is 15.5 Å². The maximum atomic E-state index is 15.0. The van der Waals surface area contributed by atoms with Crippen LogP contribution in [0.3, 0.4) is 0 Å². The highest BCUT2D eigenvalue weighted by atomic mass is 35.5. The second-order valence-corrected chi connectivity index (χ2v) is 12.1. The minimum absolute atomic E-state index is 0.0824. The van der Waals surface area contributed by atoms with Crippen molar-refractivity contribution < 1.29 is 31.9 Å². The third kappa shape index (κ3) is 6.25. The molecule has 0 heterocycles. The smallest absolute Gasteiger partial charge is 0.316 e. The number of nitrogens with zero attached hydrogens (tertiary/aromatic N) is 1. The summed E-state index contributed by atoms with van der Waals surface area (Å²) in [5, 5.41) is 5.01. The van der Waals surface area contributed by atoms with Crippen LogP contribution in [0.4, 0.5) is 34.6 Å². The molecule has 1 fully saturated rings. The predicted octanol–water partition coefficient (Wildman–Crippen LogP) is 8.58. The number of alkyl halides is 4. The molecule has 1 aliphatic carbocycles. The molecule has 3 amide bonds. The average molecular weight is 706 g/mol. The predicted molar refractivity (Wildman–Crippen MR) is 156 cm³/mol. The van der Waals surface area contributed by atoms with Gasteiger partial charge in [-0.05, 0) is 48.0 Å². The van der Waals surface area contributed by atoms with Crippen LogP contribution in [-0.2, 0) is 9.59 Å². The summed E-state index contributed by atoms with van der Waals surface area (Å²) in [7, 11) is 0.752. The maximum Gasteiger partial charge on any atom is 0.316 e. The number of hydrogen-bond donors (Lipinski definition) is 2. The van der Waals surface area contributed by atoms with Gasteiger partial charge in [0.2, 0.25) is 5.91 Å². The fraction of sp³-hybridized carbons (Fsp3) is 0.192. The molecule has 6 nitrogen and oxygen atoms in total. The van der Waals surface area contributed by atoms with Gasteiger partial charge in [0.05, 0.1) is 37.3 Å². The van der Waals surface area contributed by atoms with Crippen molar-refractivity contribution in [3.8, 4) is 0 Å². The Bertz CT molecular complexity index is 1600. The monoisotopic (exact) mass is 703 g/mol. The molecule has 16 heteroatoms. The van der Waals surface area contributed by atoms with Gasteiger partial charge in [0.1, 0.15) is 15.8 Å². The van der Waals surface area contributed by atoms with Crippen molar-refractivity contribution >= 4 is 104 Å². The van der Waals surface area contributed by atoms with Crippen LogP contribution in [0.2, 0.25) is 20.1 Å². The number of benzene rings is 3. The molecule has 4 rings (SSSR count). The summed E-state index contributed by atoms with van der Waals surface area (Å²) in [4.78, 5) is 37.7. The van der Waals surface area contributed by atoms with Gasteiger partial charge in [0, 0.05) is 18.7 Å². The van der Waals surface area contributed by atoms with Crippen LogP contribution < -0.4 is 15.5 Å². The molecule has 42 heavy (non-hydrogen) atoms. The standard InChI is InChI=1S/C26H15Cl6F4N3O3/c1-39(25(42)22(35)36)21-15(33)4-5-16(20(21)34)38-23(40)11-8-10(2-3-12(11)27)37-24(41)18-17(26(18,31)32)9-6-13(28)19(30)14(29)7-9/h2-8,17-18,22H,1H3,(H,37,41)(H,38,40)/t17-,18?/m0/s1. The zero-order valence-electron chi connectivity index (χ0n) is 20.7. The van der Waals surface area contributed by atoms with Crippen molar-refractivity contribution in [2.75, 3.05) is 22.6 Å². The van der Waals surface area contributed by atoms with Gasteiger partial charge >= 0.3 is 6.43 Å². The summed E-state index contributed by atoms with van der Waals surface area (Å²) in [6.07, 6.45) is -3.53. The molecule has 1 unspecified atom stereocenters. The Kier molecular flexibility index (Phi) is 9.47. The summed E-state index contributed by atoms with van der Waals surface area (Å²) in [6.45, 7) is 0. The van der Waals surface area contributed by atoms with Crippen LogP contribution in [-0.4, -0.2) is 35.5 Å². The highest BCUT2D eigenvalue weighted by Crippen LogP contribution is 2.65. The van der Waals surface area contributed by atoms with E-state index in [0.29, 0.717) is 11.6 Å². The van der Waals surface area contributed by atoms with E-state index in [4.69, 9.17) is 69.6 Å². The minimum Gasteiger partial charge on any atom is -0.326 e. The van der Waals surface area contributed by atoms with Crippen LogP contribution in [0.25, 0.3) is 0 Å². The molecule has 3 aromatic carbocycles. The van der Waals surface area contributed by atoms with E-state index in [1.54, 1.807) is 0 Å². The molecular weight excluding hydrogens is 691 g/mol. The lowest BCUT2D eigenvalue weighted by Gasteiger charge is -2.20. The first-order chi connectivity index (χ1) is 19.6. The fourth-order valence-corrected chi connectivity index (χ4v) is 5.86. The van der Waals surface area contributed by atoms with Gasteiger partial charge in [-0.25, -0.2) is 8.78 Å². The van der Waals surface area contributed by atoms with E-state index < -0.39 is 63.3 Å². The summed E-state index contributed by atoms with van der Waals surface area (Å²) in [6, 6.07) is 8.29. The van der Waals surface area contributed by atoms with Gasteiger partial charge in [0.25, 0.3) is 11.8 Å². The molecule has 0 aliphatic heterocycles. The highest BCUT2D eigenvalue weighted by Gasteiger charge is 2.67. The van der Waals surface area contributed by atoms with E-state index in [1.165, 1.54) is 30.3 Å². The molecule has 1 aliphatic rings. The average Bonchev–Trinajstić information content (AvgIpc) is 3.50. The summed E-state index contributed by atoms with van der Waals surface area (Å²) >= 11 is 37.1. The lowest BCUT2D eigenvalue weighted by Crippen LogP contribution is -2.33. The van der Waals surface area contributed by atoms with Gasteiger partial charge in [-0.3, -0.25) is 14.4 Å². The second-order valence-electron chi connectivity index (χ2n) is 9.02. The van der Waals surface area contributed by atoms with Gasteiger partial charge in [-0.15, -0.1) is 23.2 Å². The van der Waals surface area contributed by atoms with Crippen LogP contribution in [0, 0.1) is 17.6 Å². The van der Waals surface area contributed by atoms with Gasteiger partial charge in [-0.1, -0.05) is 46.4 Å². The zero-order chi connectivity index (χ0) is 31.3. The van der Waals surface area contributed by atoms with E-state index in [1.807, 2.05) is 0 Å². The first-order valence-electron chi connectivity index (χ1n) is 11.5. The zero-order valence-corrected chi connectivity index (χ0v) is 25.3. The normalized spacial score (nSPS) is 17.1. The molecule has 0 aromatic heterocycles. The Labute approximate surface area is 265 Å². The SMILES string of the molecule is CN(C(=O)C(F)F)c1c(F)ccc(NC(=O)c2cc(NC(=O)C3[C@H](c4cc(Cl)c(Cl)c(Cl)c4)C3(Cl)Cl)ccc2Cl)c1F. The van der Waals surface area contributed by atoms with Crippen molar-refractivity contribution in [3.63, 3.8) is 0 Å². The van der Waals surface area contributed by atoms with E-state index >= 15 is 4.39 Å². The Hall–Kier alpha value is -2.47. The molecule has 0 saturated heterocycles. The number of carbonyl (C=O) groups excluding carboxylic acids is 3. The second kappa shape index (κ2) is 12.3. The van der Waals surface area contributed by atoms with E-state index in [9.17, 15) is 27.6 Å². The van der Waals surface area contributed by atoms with Gasteiger partial charge in [-0.2, -0.15) is 8.78 Å². The summed E-state index contributed by atoms with van der Waals surface area (Å²) in [5.41, 5.74) is -1.43. The Morgan fingerprint density at radius 2 is 1.52 bits per heavy atom. The molecule has 0 radical (unpaired) electrons. The maximum absolute atomic E-state index is 15.0. The van der Waals surface area contributed by atoms with Crippen LogP contribution in [0.1, 0.15) is 21.8 Å². The lowest BCUT2D eigenvalue weighted by atomic mass is 10.1. The van der Waals surface area contributed by atoms with Crippen LogP contribution >= 0.6 is 69.6 Å². The Morgan fingerprint density at radius 3 is 2.12 bits per heavy atom. The van der Waals surface area contributed by atoms with Crippen molar-refractivity contribution in [1.29, 1.82) is 0 Å². The van der Waals surface area contributed by atoms with Crippen LogP contribution in [0.5, 0.6) is 0 Å². The largest absolute Gasteiger partial charge is 0.326 e. The topological polar surface area (TPSA) is 78.5 Å². The number of halogens is 10. The third-order valence-electron chi connectivity index (χ3n) is 6.35. The molecule has 2 atom stereocenters. The minimum atomic E-state index is -3.53. The number of rotatable bonds is 7. The van der Waals surface area contributed by atoms with Gasteiger partial charge in [0.15, 0.2) is 5.82 Å². The van der Waals surface area contributed by atoms with Crippen molar-refractivity contribution in [2.45, 2.75) is 16.7 Å². The molecule has 0 bridgehead atoms. The summed E-state index contributed by atoms with van der Waals surface area (Å²) in [5.74, 6) is -7.95. The Balaban J connectivity index is 1.54. The molecule has 1 saturated carbocycles. The van der Waals surface area contributed by atoms with Crippen LogP contribution in [0.15, 0.2) is 42.5 Å². The molecule has 2 N–H and O–H groups in total. The fourth-order valence-electron chi connectivity index (χ4n) is 4.21.